The van der Waals surface area contributed by atoms with Crippen molar-refractivity contribution in [3.63, 3.8) is 0 Å². The van der Waals surface area contributed by atoms with Crippen LogP contribution in [0.2, 0.25) is 0 Å². The number of carbonyl (C=O) groups excluding carboxylic acids is 1. The Hall–Kier alpha value is -2.97. The normalized spacial score (nSPS) is 22.8. The number of alkyl halides is 11. The number of carbonyl (C=O) groups is 1. The molecule has 0 bridgehead atoms. The highest BCUT2D eigenvalue weighted by atomic mass is 32.1. The Morgan fingerprint density at radius 3 is 1.78 bits per heavy atom. The van der Waals surface area contributed by atoms with Gasteiger partial charge >= 0.3 is 35.3 Å². The molecule has 0 saturated heterocycles. The van der Waals surface area contributed by atoms with Gasteiger partial charge in [-0.15, -0.1) is 11.3 Å². The van der Waals surface area contributed by atoms with Crippen LogP contribution in [0.25, 0.3) is 20.8 Å². The molecule has 2 aromatic carbocycles. The summed E-state index contributed by atoms with van der Waals surface area (Å²) in [6.45, 7) is 1.83. The number of rotatable bonds is 3. The maximum absolute atomic E-state index is 14.8. The van der Waals surface area contributed by atoms with Gasteiger partial charge in [0.25, 0.3) is 5.91 Å². The van der Waals surface area contributed by atoms with Crippen LogP contribution >= 0.6 is 11.3 Å². The van der Waals surface area contributed by atoms with E-state index >= 15 is 0 Å². The number of aromatic nitrogens is 1. The van der Waals surface area contributed by atoms with E-state index in [1.165, 1.54) is 11.3 Å². The van der Waals surface area contributed by atoms with Gasteiger partial charge in [0.1, 0.15) is 5.01 Å². The molecule has 1 heterocycles. The summed E-state index contributed by atoms with van der Waals surface area (Å²) in [6, 6.07) is 9.30. The van der Waals surface area contributed by atoms with Crippen molar-refractivity contribution in [1.29, 1.82) is 0 Å². The number of nitrogens with one attached hydrogen (secondary N) is 1. The first-order valence-electron chi connectivity index (χ1n) is 9.70. The van der Waals surface area contributed by atoms with Crippen molar-refractivity contribution in [2.45, 2.75) is 42.2 Å². The van der Waals surface area contributed by atoms with E-state index in [4.69, 9.17) is 0 Å². The molecule has 0 atom stereocenters. The molecule has 3 aromatic rings. The first-order chi connectivity index (χ1) is 16.3. The molecule has 4 rings (SSSR count). The summed E-state index contributed by atoms with van der Waals surface area (Å²) in [5.74, 6) is -39.9. The lowest BCUT2D eigenvalue weighted by Crippen LogP contribution is -2.86. The SMILES string of the molecule is Cc1ccc2nc(-c3ccc(NC(=O)C4(F)C(F)(F)C(F)(F)C(F)(F)C(F)(F)C4(F)F)cc3)sc2c1. The second-order valence-electron chi connectivity index (χ2n) is 8.05. The first kappa shape index (κ1) is 26.1. The van der Waals surface area contributed by atoms with Crippen LogP contribution in [0.15, 0.2) is 42.5 Å². The third-order valence-electron chi connectivity index (χ3n) is 5.69. The summed E-state index contributed by atoms with van der Waals surface area (Å²) in [6.07, 6.45) is 0. The Morgan fingerprint density at radius 2 is 1.25 bits per heavy atom. The summed E-state index contributed by atoms with van der Waals surface area (Å²) in [5, 5.41) is 1.48. The summed E-state index contributed by atoms with van der Waals surface area (Å²) >= 11 is 1.21. The molecular formula is C21H11F11N2OS. The van der Waals surface area contributed by atoms with E-state index in [0.29, 0.717) is 16.1 Å². The van der Waals surface area contributed by atoms with Crippen molar-refractivity contribution in [1.82, 2.24) is 4.98 Å². The molecule has 3 nitrogen and oxygen atoms in total. The number of aryl methyl sites for hydroxylation is 1. The molecule has 0 radical (unpaired) electrons. The fraction of sp³-hybridized carbons (Fsp3) is 0.333. The highest BCUT2D eigenvalue weighted by Crippen LogP contribution is 2.69. The molecule has 1 amide bonds. The van der Waals surface area contributed by atoms with Crippen molar-refractivity contribution in [3.8, 4) is 10.6 Å². The Morgan fingerprint density at radius 1 is 0.750 bits per heavy atom. The number of fused-ring (bicyclic) bond motifs is 1. The molecule has 15 heteroatoms. The second-order valence-corrected chi connectivity index (χ2v) is 9.08. The summed E-state index contributed by atoms with van der Waals surface area (Å²) in [4.78, 5) is 16.4. The maximum Gasteiger partial charge on any atom is 0.384 e. The molecule has 1 N–H and O–H groups in total. The van der Waals surface area contributed by atoms with E-state index < -0.39 is 46.9 Å². The van der Waals surface area contributed by atoms with E-state index in [2.05, 4.69) is 4.98 Å². The molecule has 1 aliphatic carbocycles. The third kappa shape index (κ3) is 3.03. The number of halogens is 11. The zero-order valence-corrected chi connectivity index (χ0v) is 18.3. The average Bonchev–Trinajstić information content (AvgIpc) is 3.20. The number of amides is 1. The number of anilines is 1. The van der Waals surface area contributed by atoms with E-state index in [1.807, 2.05) is 13.0 Å². The zero-order valence-electron chi connectivity index (χ0n) is 17.5. The predicted molar refractivity (Wildman–Crippen MR) is 107 cm³/mol. The molecular weight excluding hydrogens is 537 g/mol. The van der Waals surface area contributed by atoms with Gasteiger partial charge in [0.05, 0.1) is 10.2 Å². The smallest absolute Gasteiger partial charge is 0.323 e. The Bertz CT molecular complexity index is 1320. The monoisotopic (exact) mass is 548 g/mol. The molecule has 0 spiro atoms. The van der Waals surface area contributed by atoms with Gasteiger partial charge in [-0.25, -0.2) is 9.37 Å². The van der Waals surface area contributed by atoms with Crippen LogP contribution in [-0.4, -0.2) is 46.2 Å². The molecule has 0 unspecified atom stereocenters. The fourth-order valence-electron chi connectivity index (χ4n) is 3.58. The van der Waals surface area contributed by atoms with E-state index in [9.17, 15) is 53.1 Å². The third-order valence-corrected chi connectivity index (χ3v) is 6.76. The lowest BCUT2D eigenvalue weighted by atomic mass is 9.71. The predicted octanol–water partition coefficient (Wildman–Crippen LogP) is 7.11. The quantitative estimate of drug-likeness (QED) is 0.355. The fourth-order valence-corrected chi connectivity index (χ4v) is 4.64. The van der Waals surface area contributed by atoms with Gasteiger partial charge < -0.3 is 5.32 Å². The van der Waals surface area contributed by atoms with Crippen LogP contribution in [0, 0.1) is 6.92 Å². The van der Waals surface area contributed by atoms with E-state index in [0.717, 1.165) is 39.8 Å². The van der Waals surface area contributed by atoms with Gasteiger partial charge in [-0.05, 0) is 48.9 Å². The van der Waals surface area contributed by atoms with Crippen molar-refractivity contribution in [3.05, 3.63) is 48.0 Å². The Kier molecular flexibility index (Phi) is 5.45. The summed E-state index contributed by atoms with van der Waals surface area (Å²) in [7, 11) is 0. The highest BCUT2D eigenvalue weighted by Gasteiger charge is 3.02. The zero-order chi connectivity index (χ0) is 27.1. The molecule has 0 aliphatic heterocycles. The number of thiazole rings is 1. The topological polar surface area (TPSA) is 42.0 Å². The van der Waals surface area contributed by atoms with Gasteiger partial charge in [-0.1, -0.05) is 6.07 Å². The molecule has 1 saturated carbocycles. The van der Waals surface area contributed by atoms with Crippen LogP contribution < -0.4 is 5.32 Å². The molecule has 1 fully saturated rings. The van der Waals surface area contributed by atoms with Crippen molar-refractivity contribution in [2.75, 3.05) is 5.32 Å². The van der Waals surface area contributed by atoms with Crippen molar-refractivity contribution >= 4 is 33.1 Å². The minimum absolute atomic E-state index is 0.341. The minimum Gasteiger partial charge on any atom is -0.323 e. The van der Waals surface area contributed by atoms with Crippen molar-refractivity contribution < 1.29 is 53.1 Å². The molecule has 1 aromatic heterocycles. The highest BCUT2D eigenvalue weighted by molar-refractivity contribution is 7.21. The average molecular weight is 548 g/mol. The Balaban J connectivity index is 1.68. The van der Waals surface area contributed by atoms with Crippen LogP contribution in [0.1, 0.15) is 5.56 Å². The molecule has 1 aliphatic rings. The van der Waals surface area contributed by atoms with Gasteiger partial charge in [-0.2, -0.15) is 43.9 Å². The number of nitrogens with zero attached hydrogens (tertiary/aromatic N) is 1. The first-order valence-corrected chi connectivity index (χ1v) is 10.5. The van der Waals surface area contributed by atoms with Crippen LogP contribution in [0.4, 0.5) is 54.0 Å². The largest absolute Gasteiger partial charge is 0.384 e. The molecule has 36 heavy (non-hydrogen) atoms. The standard InChI is InChI=1S/C21H11F11N2OS/c1-9-2-7-12-13(8-9)36-14(34-12)10-3-5-11(6-4-10)33-15(35)16(22)17(23,24)19(27,28)21(31,32)20(29,30)18(16,25)26/h2-8H,1H3,(H,33,35). The van der Waals surface area contributed by atoms with Crippen LogP contribution in [-0.2, 0) is 4.79 Å². The molecule has 194 valence electrons. The lowest BCUT2D eigenvalue weighted by Gasteiger charge is -2.51. The van der Waals surface area contributed by atoms with Crippen molar-refractivity contribution in [2.24, 2.45) is 0 Å². The van der Waals surface area contributed by atoms with E-state index in [-0.39, 0.29) is 0 Å². The van der Waals surface area contributed by atoms with Crippen LogP contribution in [0.5, 0.6) is 0 Å². The van der Waals surface area contributed by atoms with Crippen LogP contribution in [0.3, 0.4) is 0 Å². The summed E-state index contributed by atoms with van der Waals surface area (Å²) in [5.41, 5.74) is -5.63. The minimum atomic E-state index is -7.39. The van der Waals surface area contributed by atoms with Gasteiger partial charge in [0.2, 0.25) is 0 Å². The lowest BCUT2D eigenvalue weighted by molar-refractivity contribution is -0.475. The number of hydrogen-bond acceptors (Lipinski definition) is 3. The number of hydrogen-bond donors (Lipinski definition) is 1. The maximum atomic E-state index is 14.8. The van der Waals surface area contributed by atoms with Gasteiger partial charge in [0.15, 0.2) is 0 Å². The van der Waals surface area contributed by atoms with Gasteiger partial charge in [0, 0.05) is 11.3 Å². The Labute approximate surface area is 197 Å². The van der Waals surface area contributed by atoms with E-state index in [1.54, 1.807) is 12.1 Å². The summed E-state index contributed by atoms with van der Waals surface area (Å²) < 4.78 is 153. The second kappa shape index (κ2) is 7.52. The van der Waals surface area contributed by atoms with Gasteiger partial charge in [-0.3, -0.25) is 4.79 Å². The number of benzene rings is 2.